The summed E-state index contributed by atoms with van der Waals surface area (Å²) in [6.45, 7) is 6.99. The molecule has 16 heteroatoms. The summed E-state index contributed by atoms with van der Waals surface area (Å²) in [6.07, 6.45) is 2.31. The molecule has 1 saturated heterocycles. The van der Waals surface area contributed by atoms with E-state index in [0.717, 1.165) is 11.8 Å². The molecule has 256 valence electrons. The SMILES string of the molecule is CCCCN(CCNP(=O)(OCC)OCC)C(=O)[C@H](CC(=O)N[C@H]1CCCN(C(=N)N)C1)NS(=O)(=O)c1ccc2ccccc2c1. The van der Waals surface area contributed by atoms with E-state index in [1.165, 1.54) is 17.0 Å². The topological polar surface area (TPSA) is 196 Å². The van der Waals surface area contributed by atoms with Gasteiger partial charge < -0.3 is 20.9 Å². The smallest absolute Gasteiger partial charge is 0.370 e. The van der Waals surface area contributed by atoms with Crippen LogP contribution in [0, 0.1) is 5.41 Å². The number of unbranched alkanes of at least 4 members (excludes halogenated alkanes) is 1. The van der Waals surface area contributed by atoms with Crippen LogP contribution in [0.3, 0.4) is 0 Å². The number of carbonyl (C=O) groups is 2. The van der Waals surface area contributed by atoms with Crippen molar-refractivity contribution in [2.24, 2.45) is 5.73 Å². The van der Waals surface area contributed by atoms with Crippen LogP contribution in [0.5, 0.6) is 0 Å². The van der Waals surface area contributed by atoms with E-state index < -0.39 is 42.0 Å². The van der Waals surface area contributed by atoms with Crippen LogP contribution in [0.25, 0.3) is 10.8 Å². The van der Waals surface area contributed by atoms with Gasteiger partial charge in [-0.1, -0.05) is 43.7 Å². The van der Waals surface area contributed by atoms with Crippen LogP contribution in [0.4, 0.5) is 0 Å². The molecule has 1 fully saturated rings. The standard InChI is InChI=1S/C30H48N7O7PS/c1-4-7-17-36(19-16-33-45(40,43-5-2)44-6-3)29(39)27(21-28(38)34-25-13-10-18-37(22-25)30(31)32)35-46(41,42)26-15-14-23-11-8-9-12-24(23)20-26/h8-9,11-12,14-15,20,25,27,35H,4-7,10,13,16-19,21-22H2,1-3H3,(H3,31,32)(H,33,40)(H,34,38)/t25-,27-/m0/s1. The summed E-state index contributed by atoms with van der Waals surface area (Å²) >= 11 is 0. The van der Waals surface area contributed by atoms with Gasteiger partial charge in [-0.15, -0.1) is 0 Å². The molecule has 2 atom stereocenters. The minimum absolute atomic E-state index is 0.0371. The summed E-state index contributed by atoms with van der Waals surface area (Å²) in [6, 6.07) is 10.2. The van der Waals surface area contributed by atoms with Crippen molar-refractivity contribution >= 4 is 46.3 Å². The number of guanidine groups is 1. The van der Waals surface area contributed by atoms with Gasteiger partial charge in [0.25, 0.3) is 0 Å². The van der Waals surface area contributed by atoms with Gasteiger partial charge in [0.15, 0.2) is 5.96 Å². The summed E-state index contributed by atoms with van der Waals surface area (Å²) in [4.78, 5) is 30.5. The predicted molar refractivity (Wildman–Crippen MR) is 178 cm³/mol. The second kappa shape index (κ2) is 17.7. The number of carbonyl (C=O) groups excluding carboxylic acids is 2. The van der Waals surface area contributed by atoms with Crippen molar-refractivity contribution in [3.05, 3.63) is 42.5 Å². The normalized spacial score (nSPS) is 16.2. The number of sulfonamides is 1. The van der Waals surface area contributed by atoms with Crippen molar-refractivity contribution in [2.45, 2.75) is 69.9 Å². The van der Waals surface area contributed by atoms with Gasteiger partial charge in [0, 0.05) is 38.8 Å². The molecule has 0 bridgehead atoms. The Balaban J connectivity index is 1.85. The minimum atomic E-state index is -4.24. The number of nitrogens with two attached hydrogens (primary N) is 1. The Labute approximate surface area is 271 Å². The maximum absolute atomic E-state index is 14.1. The van der Waals surface area contributed by atoms with Crippen molar-refractivity contribution in [1.29, 1.82) is 5.41 Å². The number of piperidine rings is 1. The summed E-state index contributed by atoms with van der Waals surface area (Å²) in [5.41, 5.74) is 5.64. The van der Waals surface area contributed by atoms with Crippen LogP contribution in [0.1, 0.15) is 52.9 Å². The maximum Gasteiger partial charge on any atom is 0.405 e. The van der Waals surface area contributed by atoms with Gasteiger partial charge in [0.05, 0.1) is 24.5 Å². The third-order valence-corrected chi connectivity index (χ3v) is 10.8. The molecule has 0 aromatic heterocycles. The van der Waals surface area contributed by atoms with Crippen LogP contribution in [-0.4, -0.2) is 94.0 Å². The Bertz CT molecular complexity index is 1480. The van der Waals surface area contributed by atoms with E-state index in [-0.39, 0.29) is 49.7 Å². The average Bonchev–Trinajstić information content (AvgIpc) is 3.02. The molecule has 3 rings (SSSR count). The molecule has 1 aliphatic heterocycles. The molecule has 6 N–H and O–H groups in total. The number of hydrogen-bond acceptors (Lipinski definition) is 8. The second-order valence-electron chi connectivity index (χ2n) is 11.0. The number of nitrogens with zero attached hydrogens (tertiary/aromatic N) is 2. The number of hydrogen-bond donors (Lipinski definition) is 5. The molecular weight excluding hydrogens is 633 g/mol. The zero-order valence-electron chi connectivity index (χ0n) is 26.9. The first-order chi connectivity index (χ1) is 21.9. The van der Waals surface area contributed by atoms with Crippen LogP contribution in [0.15, 0.2) is 47.4 Å². The van der Waals surface area contributed by atoms with Gasteiger partial charge in [0.2, 0.25) is 21.8 Å². The number of likely N-dealkylation sites (tertiary alicyclic amines) is 1. The van der Waals surface area contributed by atoms with Crippen molar-refractivity contribution in [3.8, 4) is 0 Å². The first kappa shape index (κ1) is 37.4. The highest BCUT2D eigenvalue weighted by atomic mass is 32.2. The number of amides is 2. The number of rotatable bonds is 18. The lowest BCUT2D eigenvalue weighted by Gasteiger charge is -2.33. The highest BCUT2D eigenvalue weighted by Gasteiger charge is 2.33. The molecule has 1 heterocycles. The lowest BCUT2D eigenvalue weighted by Crippen LogP contribution is -2.54. The first-order valence-corrected chi connectivity index (χ1v) is 18.8. The minimum Gasteiger partial charge on any atom is -0.370 e. The van der Waals surface area contributed by atoms with Crippen molar-refractivity contribution in [1.82, 2.24) is 24.9 Å². The third kappa shape index (κ3) is 11.0. The van der Waals surface area contributed by atoms with E-state index in [1.807, 2.05) is 19.1 Å². The van der Waals surface area contributed by atoms with Crippen LogP contribution < -0.4 is 20.9 Å². The van der Waals surface area contributed by atoms with Crippen LogP contribution in [-0.2, 0) is 33.2 Å². The Morgan fingerprint density at radius 3 is 2.46 bits per heavy atom. The fourth-order valence-electron chi connectivity index (χ4n) is 5.25. The van der Waals surface area contributed by atoms with Crippen LogP contribution in [0.2, 0.25) is 0 Å². The predicted octanol–water partition coefficient (Wildman–Crippen LogP) is 2.75. The van der Waals surface area contributed by atoms with E-state index >= 15 is 0 Å². The number of benzene rings is 2. The van der Waals surface area contributed by atoms with Gasteiger partial charge in [-0.2, -0.15) is 4.72 Å². The molecule has 14 nitrogen and oxygen atoms in total. The van der Waals surface area contributed by atoms with E-state index in [0.29, 0.717) is 37.7 Å². The number of nitrogens with one attached hydrogen (secondary N) is 4. The zero-order chi connectivity index (χ0) is 33.7. The lowest BCUT2D eigenvalue weighted by atomic mass is 10.1. The largest absolute Gasteiger partial charge is 0.405 e. The molecule has 1 aliphatic rings. The molecular formula is C30H48N7O7PS. The molecule has 2 amide bonds. The molecule has 0 radical (unpaired) electrons. The monoisotopic (exact) mass is 681 g/mol. The summed E-state index contributed by atoms with van der Waals surface area (Å²) in [5, 5.41) is 15.0. The van der Waals surface area contributed by atoms with Crippen molar-refractivity contribution in [3.63, 3.8) is 0 Å². The zero-order valence-corrected chi connectivity index (χ0v) is 28.6. The van der Waals surface area contributed by atoms with Crippen LogP contribution >= 0.6 is 7.75 Å². The molecule has 2 aromatic carbocycles. The molecule has 2 aromatic rings. The molecule has 0 unspecified atom stereocenters. The van der Waals surface area contributed by atoms with Gasteiger partial charge in [-0.25, -0.2) is 18.1 Å². The van der Waals surface area contributed by atoms with E-state index in [4.69, 9.17) is 20.2 Å². The van der Waals surface area contributed by atoms with E-state index in [9.17, 15) is 22.6 Å². The molecule has 46 heavy (non-hydrogen) atoms. The van der Waals surface area contributed by atoms with E-state index in [2.05, 4.69) is 15.1 Å². The second-order valence-corrected chi connectivity index (χ2v) is 14.6. The quantitative estimate of drug-likeness (QED) is 0.0887. The molecule has 0 spiro atoms. The highest BCUT2D eigenvalue weighted by Crippen LogP contribution is 2.42. The van der Waals surface area contributed by atoms with E-state index in [1.54, 1.807) is 36.9 Å². The van der Waals surface area contributed by atoms with Gasteiger partial charge in [0.1, 0.15) is 6.04 Å². The third-order valence-electron chi connectivity index (χ3n) is 7.52. The summed E-state index contributed by atoms with van der Waals surface area (Å²) in [5.74, 6) is -1.19. The summed E-state index contributed by atoms with van der Waals surface area (Å²) in [7, 11) is -7.83. The maximum atomic E-state index is 14.1. The van der Waals surface area contributed by atoms with Crippen molar-refractivity contribution in [2.75, 3.05) is 45.9 Å². The van der Waals surface area contributed by atoms with Gasteiger partial charge in [-0.3, -0.25) is 24.0 Å². The fourth-order valence-corrected chi connectivity index (χ4v) is 7.78. The fraction of sp³-hybridized carbons (Fsp3) is 0.567. The lowest BCUT2D eigenvalue weighted by molar-refractivity contribution is -0.135. The van der Waals surface area contributed by atoms with Gasteiger partial charge >= 0.3 is 7.75 Å². The average molecular weight is 682 g/mol. The molecule has 0 aliphatic carbocycles. The highest BCUT2D eigenvalue weighted by molar-refractivity contribution is 7.89. The van der Waals surface area contributed by atoms with Gasteiger partial charge in [-0.05, 0) is 56.0 Å². The Morgan fingerprint density at radius 1 is 1.11 bits per heavy atom. The number of fused-ring (bicyclic) bond motifs is 1. The Hall–Kier alpha value is -3.07. The molecule has 0 saturated carbocycles. The Kier molecular flexibility index (Phi) is 14.4. The first-order valence-electron chi connectivity index (χ1n) is 15.7. The van der Waals surface area contributed by atoms with Crippen molar-refractivity contribution < 1.29 is 31.6 Å². The summed E-state index contributed by atoms with van der Waals surface area (Å²) < 4.78 is 53.3. The Morgan fingerprint density at radius 2 is 1.80 bits per heavy atom.